The minimum atomic E-state index is 0.713. The number of benzene rings is 1. The fourth-order valence-electron chi connectivity index (χ4n) is 1.99. The third-order valence-corrected chi connectivity index (χ3v) is 2.67. The zero-order valence-corrected chi connectivity index (χ0v) is 9.83. The van der Waals surface area contributed by atoms with Gasteiger partial charge < -0.3 is 0 Å². The molecule has 1 aromatic carbocycles. The van der Waals surface area contributed by atoms with Crippen molar-refractivity contribution in [1.82, 2.24) is 24.9 Å². The molecule has 0 amide bonds. The van der Waals surface area contributed by atoms with Crippen molar-refractivity contribution in [3.8, 4) is 0 Å². The van der Waals surface area contributed by atoms with Crippen LogP contribution in [-0.2, 0) is 6.67 Å². The number of rotatable bonds is 2. The molecule has 0 atom stereocenters. The lowest BCUT2D eigenvalue weighted by atomic mass is 10.2. The summed E-state index contributed by atoms with van der Waals surface area (Å²) in [5.74, 6) is 0. The van der Waals surface area contributed by atoms with Crippen LogP contribution in [0.4, 0.5) is 0 Å². The molecule has 0 radical (unpaired) electrons. The number of nitrogens with zero attached hydrogens (tertiary/aromatic N) is 5. The van der Waals surface area contributed by atoms with Gasteiger partial charge in [0.05, 0.1) is 17.7 Å². The summed E-state index contributed by atoms with van der Waals surface area (Å²) in [5, 5.41) is 9.46. The molecule has 0 bridgehead atoms. The minimum Gasteiger partial charge on any atom is -0.291 e. The predicted molar refractivity (Wildman–Crippen MR) is 66.5 cm³/mol. The lowest BCUT2D eigenvalue weighted by Crippen LogP contribution is -2.17. The van der Waals surface area contributed by atoms with Gasteiger partial charge in [-0.2, -0.15) is 0 Å². The Morgan fingerprint density at radius 1 is 1.18 bits per heavy atom. The van der Waals surface area contributed by atoms with Gasteiger partial charge in [-0.1, -0.05) is 5.21 Å². The third kappa shape index (κ3) is 1.64. The maximum Gasteiger partial charge on any atom is 0.114 e. The molecule has 0 saturated heterocycles. The van der Waals surface area contributed by atoms with E-state index in [0.29, 0.717) is 6.67 Å². The van der Waals surface area contributed by atoms with Gasteiger partial charge in [0, 0.05) is 11.6 Å². The average Bonchev–Trinajstić information content (AvgIpc) is 2.72. The number of fused-ring (bicyclic) bond motifs is 3. The zero-order valence-electron chi connectivity index (χ0n) is 9.83. The number of pyridine rings is 1. The van der Waals surface area contributed by atoms with Gasteiger partial charge in [-0.3, -0.25) is 9.88 Å². The Balaban J connectivity index is 2.34. The van der Waals surface area contributed by atoms with Gasteiger partial charge in [0.15, 0.2) is 0 Å². The van der Waals surface area contributed by atoms with Crippen LogP contribution >= 0.6 is 0 Å². The van der Waals surface area contributed by atoms with E-state index in [1.807, 2.05) is 37.0 Å². The lowest BCUT2D eigenvalue weighted by Gasteiger charge is -2.10. The van der Waals surface area contributed by atoms with Crippen LogP contribution in [0.3, 0.4) is 0 Å². The highest BCUT2D eigenvalue weighted by molar-refractivity contribution is 6.02. The second kappa shape index (κ2) is 3.78. The zero-order chi connectivity index (χ0) is 11.8. The Bertz CT molecular complexity index is 671. The lowest BCUT2D eigenvalue weighted by molar-refractivity contribution is 0.309. The van der Waals surface area contributed by atoms with E-state index in [4.69, 9.17) is 0 Å². The molecule has 17 heavy (non-hydrogen) atoms. The molecular formula is C12H13N5. The maximum absolute atomic E-state index is 4.35. The molecule has 0 aliphatic rings. The summed E-state index contributed by atoms with van der Waals surface area (Å²) >= 11 is 0. The molecule has 0 fully saturated rings. The van der Waals surface area contributed by atoms with Gasteiger partial charge in [-0.25, -0.2) is 4.68 Å². The van der Waals surface area contributed by atoms with Crippen LogP contribution in [0.25, 0.3) is 21.9 Å². The Hall–Kier alpha value is -2.01. The number of hydrogen-bond donors (Lipinski definition) is 0. The molecule has 3 rings (SSSR count). The van der Waals surface area contributed by atoms with Gasteiger partial charge in [0.2, 0.25) is 0 Å². The van der Waals surface area contributed by atoms with Crippen molar-refractivity contribution in [1.29, 1.82) is 0 Å². The molecule has 0 aliphatic heterocycles. The summed E-state index contributed by atoms with van der Waals surface area (Å²) in [6.07, 6.45) is 1.80. The molecule has 0 spiro atoms. The fraction of sp³-hybridized carbons (Fsp3) is 0.250. The summed E-state index contributed by atoms with van der Waals surface area (Å²) in [6.45, 7) is 0.713. The predicted octanol–water partition coefficient (Wildman–Crippen LogP) is 1.50. The van der Waals surface area contributed by atoms with Gasteiger partial charge in [-0.05, 0) is 38.4 Å². The average molecular weight is 227 g/mol. The Labute approximate surface area is 98.7 Å². The van der Waals surface area contributed by atoms with Gasteiger partial charge in [-0.15, -0.1) is 5.10 Å². The van der Waals surface area contributed by atoms with Crippen LogP contribution < -0.4 is 0 Å². The van der Waals surface area contributed by atoms with Crippen LogP contribution in [0.1, 0.15) is 0 Å². The van der Waals surface area contributed by atoms with E-state index < -0.39 is 0 Å². The molecular weight excluding hydrogens is 214 g/mol. The highest BCUT2D eigenvalue weighted by Crippen LogP contribution is 2.21. The molecule has 0 N–H and O–H groups in total. The summed E-state index contributed by atoms with van der Waals surface area (Å²) in [6, 6.07) is 7.94. The normalized spacial score (nSPS) is 11.7. The van der Waals surface area contributed by atoms with Crippen molar-refractivity contribution in [2.45, 2.75) is 6.67 Å². The first kappa shape index (κ1) is 10.2. The van der Waals surface area contributed by atoms with Crippen molar-refractivity contribution in [2.75, 3.05) is 14.1 Å². The minimum absolute atomic E-state index is 0.713. The van der Waals surface area contributed by atoms with Crippen molar-refractivity contribution in [2.24, 2.45) is 0 Å². The molecule has 5 nitrogen and oxygen atoms in total. The van der Waals surface area contributed by atoms with E-state index in [-0.39, 0.29) is 0 Å². The van der Waals surface area contributed by atoms with E-state index in [0.717, 1.165) is 21.9 Å². The Morgan fingerprint density at radius 2 is 2.00 bits per heavy atom. The molecule has 3 aromatic rings. The summed E-state index contributed by atoms with van der Waals surface area (Å²) in [4.78, 5) is 6.41. The number of hydrogen-bond acceptors (Lipinski definition) is 4. The van der Waals surface area contributed by atoms with Crippen molar-refractivity contribution in [3.63, 3.8) is 0 Å². The largest absolute Gasteiger partial charge is 0.291 e. The summed E-state index contributed by atoms with van der Waals surface area (Å²) in [7, 11) is 4.02. The van der Waals surface area contributed by atoms with Gasteiger partial charge >= 0.3 is 0 Å². The van der Waals surface area contributed by atoms with E-state index in [2.05, 4.69) is 26.3 Å². The molecule has 0 unspecified atom stereocenters. The van der Waals surface area contributed by atoms with Crippen molar-refractivity contribution in [3.05, 3.63) is 30.5 Å². The molecule has 0 aliphatic carbocycles. The van der Waals surface area contributed by atoms with Crippen molar-refractivity contribution < 1.29 is 0 Å². The quantitative estimate of drug-likeness (QED) is 0.665. The fourth-order valence-corrected chi connectivity index (χ4v) is 1.99. The standard InChI is InChI=1S/C12H13N5/c1-16(2)8-17-12-9-4-3-7-13-10(9)5-6-11(12)14-15-17/h3-7H,8H2,1-2H3. The third-order valence-electron chi connectivity index (χ3n) is 2.67. The molecule has 0 saturated carbocycles. The first-order chi connectivity index (χ1) is 8.25. The van der Waals surface area contributed by atoms with Gasteiger partial charge in [0.1, 0.15) is 5.52 Å². The highest BCUT2D eigenvalue weighted by Gasteiger charge is 2.09. The van der Waals surface area contributed by atoms with Gasteiger partial charge in [0.25, 0.3) is 0 Å². The molecule has 2 aromatic heterocycles. The molecule has 86 valence electrons. The Kier molecular flexibility index (Phi) is 2.26. The van der Waals surface area contributed by atoms with E-state index >= 15 is 0 Å². The highest BCUT2D eigenvalue weighted by atomic mass is 15.5. The maximum atomic E-state index is 4.35. The van der Waals surface area contributed by atoms with Crippen LogP contribution in [0, 0.1) is 0 Å². The van der Waals surface area contributed by atoms with Crippen LogP contribution in [0.2, 0.25) is 0 Å². The van der Waals surface area contributed by atoms with E-state index in [1.54, 1.807) is 6.20 Å². The smallest absolute Gasteiger partial charge is 0.114 e. The van der Waals surface area contributed by atoms with E-state index in [1.165, 1.54) is 0 Å². The van der Waals surface area contributed by atoms with Crippen LogP contribution in [0.5, 0.6) is 0 Å². The van der Waals surface area contributed by atoms with Crippen molar-refractivity contribution >= 4 is 21.9 Å². The number of aromatic nitrogens is 4. The first-order valence-corrected chi connectivity index (χ1v) is 5.47. The second-order valence-electron chi connectivity index (χ2n) is 4.31. The monoisotopic (exact) mass is 227 g/mol. The molecule has 2 heterocycles. The molecule has 5 heteroatoms. The Morgan fingerprint density at radius 3 is 2.82 bits per heavy atom. The summed E-state index contributed by atoms with van der Waals surface area (Å²) < 4.78 is 1.90. The SMILES string of the molecule is CN(C)Cn1nnc2ccc3ncccc3c21. The topological polar surface area (TPSA) is 46.8 Å². The second-order valence-corrected chi connectivity index (χ2v) is 4.31. The summed E-state index contributed by atoms with van der Waals surface area (Å²) in [5.41, 5.74) is 2.93. The van der Waals surface area contributed by atoms with E-state index in [9.17, 15) is 0 Å². The van der Waals surface area contributed by atoms with Crippen LogP contribution in [0.15, 0.2) is 30.5 Å². The van der Waals surface area contributed by atoms with Crippen LogP contribution in [-0.4, -0.2) is 39.0 Å². The first-order valence-electron chi connectivity index (χ1n) is 5.47.